The number of allylic oxidation sites excluding steroid dienone is 1. The lowest BCUT2D eigenvalue weighted by Crippen LogP contribution is -2.30. The number of amides is 1. The molecule has 1 aliphatic rings. The third kappa shape index (κ3) is 5.33. The van der Waals surface area contributed by atoms with Gasteiger partial charge >= 0.3 is 5.97 Å². The average molecular weight is 427 g/mol. The Balaban J connectivity index is 1.70. The smallest absolute Gasteiger partial charge is 0.305 e. The molecule has 0 aromatic heterocycles. The first-order valence-corrected chi connectivity index (χ1v) is 9.33. The number of rotatable bonds is 9. The lowest BCUT2D eigenvalue weighted by Gasteiger charge is -2.08. The first kappa shape index (κ1) is 21.7. The van der Waals surface area contributed by atoms with Crippen molar-refractivity contribution in [1.29, 1.82) is 0 Å². The molecule has 0 spiro atoms. The zero-order valence-electron chi connectivity index (χ0n) is 17.0. The van der Waals surface area contributed by atoms with E-state index in [-0.39, 0.29) is 31.1 Å². The highest BCUT2D eigenvalue weighted by molar-refractivity contribution is 6.14. The predicted molar refractivity (Wildman–Crippen MR) is 110 cm³/mol. The number of ether oxygens (including phenoxy) is 4. The van der Waals surface area contributed by atoms with Crippen LogP contribution in [0.4, 0.5) is 0 Å². The number of nitrogens with one attached hydrogen (secondary N) is 1. The van der Waals surface area contributed by atoms with E-state index in [0.717, 1.165) is 0 Å². The summed E-state index contributed by atoms with van der Waals surface area (Å²) in [4.78, 5) is 34.9. The second-order valence-electron chi connectivity index (χ2n) is 6.49. The SMILES string of the molecule is COc1ccc(OC)c(C=C2Oc3cc(OCC(=O)NCCC(=O)O)ccc3C2=O)c1. The molecule has 1 aliphatic heterocycles. The maximum atomic E-state index is 12.7. The topological polar surface area (TPSA) is 120 Å². The maximum Gasteiger partial charge on any atom is 0.305 e. The summed E-state index contributed by atoms with van der Waals surface area (Å²) in [5.41, 5.74) is 0.985. The van der Waals surface area contributed by atoms with Crippen molar-refractivity contribution in [3.63, 3.8) is 0 Å². The van der Waals surface area contributed by atoms with Crippen molar-refractivity contribution in [2.45, 2.75) is 6.42 Å². The van der Waals surface area contributed by atoms with Gasteiger partial charge < -0.3 is 29.4 Å². The van der Waals surface area contributed by atoms with Crippen molar-refractivity contribution >= 4 is 23.7 Å². The Hall–Kier alpha value is -4.01. The Morgan fingerprint density at radius 2 is 1.87 bits per heavy atom. The molecule has 1 amide bonds. The average Bonchev–Trinajstić information content (AvgIpc) is 3.06. The van der Waals surface area contributed by atoms with Gasteiger partial charge in [0, 0.05) is 18.2 Å². The Kier molecular flexibility index (Phi) is 6.76. The van der Waals surface area contributed by atoms with Gasteiger partial charge in [0.15, 0.2) is 12.4 Å². The second kappa shape index (κ2) is 9.66. The maximum absolute atomic E-state index is 12.7. The summed E-state index contributed by atoms with van der Waals surface area (Å²) in [6.07, 6.45) is 1.40. The number of carbonyl (C=O) groups is 3. The number of methoxy groups -OCH3 is 2. The molecule has 0 atom stereocenters. The van der Waals surface area contributed by atoms with E-state index in [4.69, 9.17) is 24.1 Å². The minimum Gasteiger partial charge on any atom is -0.497 e. The Labute approximate surface area is 178 Å². The molecule has 162 valence electrons. The van der Waals surface area contributed by atoms with Crippen LogP contribution < -0.4 is 24.3 Å². The van der Waals surface area contributed by atoms with Crippen LogP contribution in [-0.2, 0) is 9.59 Å². The lowest BCUT2D eigenvalue weighted by molar-refractivity contribution is -0.137. The molecule has 9 nitrogen and oxygen atoms in total. The van der Waals surface area contributed by atoms with Gasteiger partial charge in [-0.3, -0.25) is 14.4 Å². The summed E-state index contributed by atoms with van der Waals surface area (Å²) < 4.78 is 21.6. The van der Waals surface area contributed by atoms with Crippen molar-refractivity contribution < 1.29 is 38.4 Å². The van der Waals surface area contributed by atoms with E-state index in [2.05, 4.69) is 5.32 Å². The molecule has 0 fully saturated rings. The van der Waals surface area contributed by atoms with E-state index in [1.165, 1.54) is 13.2 Å². The predicted octanol–water partition coefficient (Wildman–Crippen LogP) is 2.29. The molecule has 0 aliphatic carbocycles. The van der Waals surface area contributed by atoms with E-state index in [0.29, 0.717) is 34.1 Å². The molecule has 2 aromatic carbocycles. The fraction of sp³-hybridized carbons (Fsp3) is 0.227. The molecule has 9 heteroatoms. The number of ketones is 1. The fourth-order valence-corrected chi connectivity index (χ4v) is 2.86. The molecule has 31 heavy (non-hydrogen) atoms. The lowest BCUT2D eigenvalue weighted by atomic mass is 10.1. The number of fused-ring (bicyclic) bond motifs is 1. The van der Waals surface area contributed by atoms with Crippen LogP contribution in [-0.4, -0.2) is 50.1 Å². The monoisotopic (exact) mass is 427 g/mol. The van der Waals surface area contributed by atoms with Crippen molar-refractivity contribution in [2.24, 2.45) is 0 Å². The van der Waals surface area contributed by atoms with Gasteiger partial charge in [-0.1, -0.05) is 0 Å². The van der Waals surface area contributed by atoms with Gasteiger partial charge in [0.2, 0.25) is 5.78 Å². The van der Waals surface area contributed by atoms with Crippen molar-refractivity contribution in [3.8, 4) is 23.0 Å². The molecule has 2 aromatic rings. The number of Topliss-reactive ketones (excluding diaryl/α,β-unsaturated/α-hetero) is 1. The highest BCUT2D eigenvalue weighted by Crippen LogP contribution is 2.36. The minimum absolute atomic E-state index is 0.0151. The third-order valence-corrected chi connectivity index (χ3v) is 4.40. The molecule has 1 heterocycles. The standard InChI is InChI=1S/C22H21NO8/c1-28-14-4-6-17(29-2)13(9-14)10-19-22(27)16-5-3-15(11-18(16)31-19)30-12-20(24)23-8-7-21(25)26/h3-6,9-11H,7-8,12H2,1-2H3,(H,23,24)(H,25,26). The quantitative estimate of drug-likeness (QED) is 0.585. The molecule has 0 saturated carbocycles. The van der Waals surface area contributed by atoms with E-state index in [9.17, 15) is 14.4 Å². The molecular weight excluding hydrogens is 406 g/mol. The molecule has 0 bridgehead atoms. The first-order chi connectivity index (χ1) is 14.9. The van der Waals surface area contributed by atoms with Crippen LogP contribution in [0.1, 0.15) is 22.3 Å². The van der Waals surface area contributed by atoms with Crippen LogP contribution in [0, 0.1) is 0 Å². The van der Waals surface area contributed by atoms with Crippen LogP contribution in [0.15, 0.2) is 42.2 Å². The highest BCUT2D eigenvalue weighted by atomic mass is 16.5. The molecular formula is C22H21NO8. The summed E-state index contributed by atoms with van der Waals surface area (Å²) in [5.74, 6) is 0.165. The van der Waals surface area contributed by atoms with Crippen molar-refractivity contribution in [3.05, 3.63) is 53.3 Å². The third-order valence-electron chi connectivity index (χ3n) is 4.40. The Morgan fingerprint density at radius 3 is 2.58 bits per heavy atom. The normalized spacial score (nSPS) is 13.4. The summed E-state index contributed by atoms with van der Waals surface area (Å²) in [6.45, 7) is -0.280. The summed E-state index contributed by atoms with van der Waals surface area (Å²) in [5, 5.41) is 11.0. The van der Waals surface area contributed by atoms with Gasteiger partial charge in [0.25, 0.3) is 5.91 Å². The van der Waals surface area contributed by atoms with Crippen LogP contribution in [0.2, 0.25) is 0 Å². The zero-order valence-corrected chi connectivity index (χ0v) is 17.0. The van der Waals surface area contributed by atoms with E-state index in [1.54, 1.807) is 43.5 Å². The second-order valence-corrected chi connectivity index (χ2v) is 6.49. The number of hydrogen-bond donors (Lipinski definition) is 2. The number of hydrogen-bond acceptors (Lipinski definition) is 7. The van der Waals surface area contributed by atoms with Crippen molar-refractivity contribution in [2.75, 3.05) is 27.4 Å². The summed E-state index contributed by atoms with van der Waals surface area (Å²) in [7, 11) is 3.07. The largest absolute Gasteiger partial charge is 0.497 e. The molecule has 0 radical (unpaired) electrons. The summed E-state index contributed by atoms with van der Waals surface area (Å²) in [6, 6.07) is 9.82. The molecule has 0 saturated heterocycles. The minimum atomic E-state index is -1.00. The number of carboxylic acid groups (broad SMARTS) is 1. The zero-order chi connectivity index (χ0) is 22.4. The highest BCUT2D eigenvalue weighted by Gasteiger charge is 2.28. The first-order valence-electron chi connectivity index (χ1n) is 9.33. The number of carbonyl (C=O) groups excluding carboxylic acids is 2. The van der Waals surface area contributed by atoms with E-state index >= 15 is 0 Å². The Bertz CT molecular complexity index is 1040. The van der Waals surface area contributed by atoms with Crippen LogP contribution in [0.3, 0.4) is 0 Å². The van der Waals surface area contributed by atoms with Gasteiger partial charge in [-0.2, -0.15) is 0 Å². The molecule has 3 rings (SSSR count). The molecule has 0 unspecified atom stereocenters. The van der Waals surface area contributed by atoms with Gasteiger partial charge in [0.1, 0.15) is 23.0 Å². The van der Waals surface area contributed by atoms with Crippen LogP contribution in [0.5, 0.6) is 23.0 Å². The van der Waals surface area contributed by atoms with E-state index in [1.807, 2.05) is 0 Å². The Morgan fingerprint density at radius 1 is 1.10 bits per heavy atom. The number of carboxylic acids is 1. The van der Waals surface area contributed by atoms with Gasteiger partial charge in [-0.05, 0) is 36.4 Å². The fourth-order valence-electron chi connectivity index (χ4n) is 2.86. The van der Waals surface area contributed by atoms with Crippen molar-refractivity contribution in [1.82, 2.24) is 5.32 Å². The van der Waals surface area contributed by atoms with Gasteiger partial charge in [0.05, 0.1) is 26.2 Å². The van der Waals surface area contributed by atoms with Crippen LogP contribution in [0.25, 0.3) is 6.08 Å². The summed E-state index contributed by atoms with van der Waals surface area (Å²) >= 11 is 0. The number of benzene rings is 2. The number of aliphatic carboxylic acids is 1. The van der Waals surface area contributed by atoms with Gasteiger partial charge in [-0.15, -0.1) is 0 Å². The molecule has 2 N–H and O–H groups in total. The van der Waals surface area contributed by atoms with Gasteiger partial charge in [-0.25, -0.2) is 0 Å². The van der Waals surface area contributed by atoms with E-state index < -0.39 is 11.9 Å². The van der Waals surface area contributed by atoms with Crippen LogP contribution >= 0.6 is 0 Å².